The van der Waals surface area contributed by atoms with E-state index in [1.54, 1.807) is 17.2 Å². The lowest BCUT2D eigenvalue weighted by atomic mass is 10.9. The van der Waals surface area contributed by atoms with Crippen LogP contribution in [0.3, 0.4) is 0 Å². The second-order valence-electron chi connectivity index (χ2n) is 2.45. The van der Waals surface area contributed by atoms with Crippen LogP contribution in [0.2, 0.25) is 0 Å². The minimum Gasteiger partial charge on any atom is -0.369 e. The van der Waals surface area contributed by atoms with Gasteiger partial charge >= 0.3 is 0 Å². The summed E-state index contributed by atoms with van der Waals surface area (Å²) in [4.78, 5) is 5.90. The van der Waals surface area contributed by atoms with Crippen LogP contribution >= 0.6 is 0 Å². The fourth-order valence-electron chi connectivity index (χ4n) is 0.561. The Morgan fingerprint density at radius 2 is 2.36 bits per heavy atom. The highest BCUT2D eigenvalue weighted by Gasteiger charge is 1.93. The van der Waals surface area contributed by atoms with Gasteiger partial charge in [-0.1, -0.05) is 0 Å². The fraction of sp³-hybridized carbons (Fsp3) is 0.500. The van der Waals surface area contributed by atoms with Gasteiger partial charge in [0.1, 0.15) is 6.33 Å². The van der Waals surface area contributed by atoms with Crippen molar-refractivity contribution in [2.45, 2.75) is 0 Å². The summed E-state index contributed by atoms with van der Waals surface area (Å²) in [5.41, 5.74) is 0. The number of hydrogen-bond donors (Lipinski definition) is 0. The quantitative estimate of drug-likeness (QED) is 0.445. The van der Waals surface area contributed by atoms with Gasteiger partial charge in [-0.05, 0) is 0 Å². The first-order valence-electron chi connectivity index (χ1n) is 3.25. The van der Waals surface area contributed by atoms with Crippen LogP contribution in [0.1, 0.15) is 0 Å². The van der Waals surface area contributed by atoms with Crippen LogP contribution in [0.15, 0.2) is 11.3 Å². The van der Waals surface area contributed by atoms with Gasteiger partial charge in [-0.25, -0.2) is 4.99 Å². The minimum atomic E-state index is 0.610. The molecule has 60 valence electrons. The van der Waals surface area contributed by atoms with E-state index in [0.29, 0.717) is 5.95 Å². The predicted octanol–water partition coefficient (Wildman–Crippen LogP) is 0.0365. The first kappa shape index (κ1) is 7.71. The van der Waals surface area contributed by atoms with Gasteiger partial charge in [0, 0.05) is 21.1 Å². The van der Waals surface area contributed by atoms with E-state index >= 15 is 0 Å². The monoisotopic (exact) mass is 153 g/mol. The molecule has 0 saturated carbocycles. The summed E-state index contributed by atoms with van der Waals surface area (Å²) in [5, 5.41) is 7.46. The van der Waals surface area contributed by atoms with Crippen molar-refractivity contribution in [1.82, 2.24) is 19.7 Å². The Labute approximate surface area is 65.4 Å². The van der Waals surface area contributed by atoms with Crippen LogP contribution in [0.4, 0.5) is 5.95 Å². The molecule has 5 heteroatoms. The van der Waals surface area contributed by atoms with Gasteiger partial charge < -0.3 is 9.47 Å². The van der Waals surface area contributed by atoms with E-state index in [0.717, 1.165) is 0 Å². The molecule has 0 unspecified atom stereocenters. The summed E-state index contributed by atoms with van der Waals surface area (Å²) in [5.74, 6) is 0.610. The Kier molecular flexibility index (Phi) is 2.20. The predicted molar refractivity (Wildman–Crippen MR) is 42.8 cm³/mol. The fourth-order valence-corrected chi connectivity index (χ4v) is 0.561. The molecule has 1 aromatic heterocycles. The maximum Gasteiger partial charge on any atom is 0.251 e. The Bertz CT molecular complexity index is 249. The van der Waals surface area contributed by atoms with E-state index < -0.39 is 0 Å². The third-order valence-corrected chi connectivity index (χ3v) is 1.09. The number of aryl methyl sites for hydroxylation is 1. The van der Waals surface area contributed by atoms with Gasteiger partial charge in [0.05, 0.1) is 6.34 Å². The number of aromatic nitrogens is 3. The molecule has 0 amide bonds. The second-order valence-corrected chi connectivity index (χ2v) is 2.45. The smallest absolute Gasteiger partial charge is 0.251 e. The molecule has 0 atom stereocenters. The lowest BCUT2D eigenvalue weighted by molar-refractivity contribution is 0.642. The first-order chi connectivity index (χ1) is 5.20. The molecule has 0 aromatic carbocycles. The molecule has 0 aliphatic heterocycles. The topological polar surface area (TPSA) is 46.3 Å². The highest BCUT2D eigenvalue weighted by molar-refractivity contribution is 5.57. The van der Waals surface area contributed by atoms with Gasteiger partial charge in [-0.3, -0.25) is 0 Å². The largest absolute Gasteiger partial charge is 0.369 e. The Morgan fingerprint density at radius 1 is 1.64 bits per heavy atom. The molecule has 5 nitrogen and oxygen atoms in total. The molecule has 0 fully saturated rings. The molecule has 11 heavy (non-hydrogen) atoms. The van der Waals surface area contributed by atoms with Crippen LogP contribution in [0.25, 0.3) is 0 Å². The van der Waals surface area contributed by atoms with Gasteiger partial charge in [-0.2, -0.15) is 0 Å². The SMILES string of the molecule is CN(C)/C=N/c1nncn1C. The van der Waals surface area contributed by atoms with Crippen LogP contribution in [-0.2, 0) is 7.05 Å². The number of nitrogens with zero attached hydrogens (tertiary/aromatic N) is 5. The molecule has 1 rings (SSSR count). The molecule has 1 heterocycles. The Hall–Kier alpha value is -1.39. The van der Waals surface area contributed by atoms with Crippen molar-refractivity contribution >= 4 is 12.3 Å². The summed E-state index contributed by atoms with van der Waals surface area (Å²) < 4.78 is 1.75. The third kappa shape index (κ3) is 2.03. The number of aliphatic imine (C=N–C) groups is 1. The van der Waals surface area contributed by atoms with Gasteiger partial charge in [0.15, 0.2) is 0 Å². The zero-order valence-electron chi connectivity index (χ0n) is 6.89. The standard InChI is InChI=1S/C6H11N5/c1-10(2)4-7-6-9-8-5-11(6)3/h4-5H,1-3H3/b7-4+. The van der Waals surface area contributed by atoms with Gasteiger partial charge in [-0.15, -0.1) is 10.2 Å². The summed E-state index contributed by atoms with van der Waals surface area (Å²) in [6.07, 6.45) is 3.30. The lowest BCUT2D eigenvalue weighted by Crippen LogP contribution is -2.07. The third-order valence-electron chi connectivity index (χ3n) is 1.09. The highest BCUT2D eigenvalue weighted by Crippen LogP contribution is 2.01. The van der Waals surface area contributed by atoms with E-state index in [9.17, 15) is 0 Å². The Balaban J connectivity index is 2.71. The zero-order valence-corrected chi connectivity index (χ0v) is 6.89. The molecule has 0 bridgehead atoms. The highest BCUT2D eigenvalue weighted by atomic mass is 15.3. The average Bonchev–Trinajstić information content (AvgIpc) is 2.31. The zero-order chi connectivity index (χ0) is 8.27. The van der Waals surface area contributed by atoms with E-state index in [-0.39, 0.29) is 0 Å². The summed E-state index contributed by atoms with van der Waals surface area (Å²) >= 11 is 0. The Morgan fingerprint density at radius 3 is 2.82 bits per heavy atom. The molecule has 0 radical (unpaired) electrons. The van der Waals surface area contributed by atoms with Crippen LogP contribution in [0.5, 0.6) is 0 Å². The number of hydrogen-bond acceptors (Lipinski definition) is 3. The summed E-state index contributed by atoms with van der Waals surface area (Å²) in [6, 6.07) is 0. The van der Waals surface area contributed by atoms with Crippen molar-refractivity contribution in [3.05, 3.63) is 6.33 Å². The molecular formula is C6H11N5. The van der Waals surface area contributed by atoms with Crippen molar-refractivity contribution in [2.75, 3.05) is 14.1 Å². The van der Waals surface area contributed by atoms with E-state index in [4.69, 9.17) is 0 Å². The first-order valence-corrected chi connectivity index (χ1v) is 3.25. The normalized spacial score (nSPS) is 10.8. The summed E-state index contributed by atoms with van der Waals surface area (Å²) in [6.45, 7) is 0. The van der Waals surface area contributed by atoms with Gasteiger partial charge in [0.2, 0.25) is 0 Å². The van der Waals surface area contributed by atoms with Crippen LogP contribution in [-0.4, -0.2) is 40.1 Å². The summed E-state index contributed by atoms with van der Waals surface area (Å²) in [7, 11) is 5.65. The molecular weight excluding hydrogens is 142 g/mol. The van der Waals surface area contributed by atoms with Crippen molar-refractivity contribution < 1.29 is 0 Å². The molecule has 1 aromatic rings. The van der Waals surface area contributed by atoms with Crippen LogP contribution < -0.4 is 0 Å². The van der Waals surface area contributed by atoms with Crippen molar-refractivity contribution in [3.8, 4) is 0 Å². The molecule has 0 spiro atoms. The van der Waals surface area contributed by atoms with Gasteiger partial charge in [0.25, 0.3) is 5.95 Å². The van der Waals surface area contributed by atoms with E-state index in [1.165, 1.54) is 0 Å². The van der Waals surface area contributed by atoms with Crippen LogP contribution in [0, 0.1) is 0 Å². The lowest BCUT2D eigenvalue weighted by Gasteiger charge is -2.00. The molecule has 0 saturated heterocycles. The number of rotatable bonds is 2. The maximum absolute atomic E-state index is 4.06. The van der Waals surface area contributed by atoms with E-state index in [2.05, 4.69) is 15.2 Å². The molecule has 0 N–H and O–H groups in total. The second kappa shape index (κ2) is 3.14. The molecule has 0 aliphatic carbocycles. The maximum atomic E-state index is 4.06. The van der Waals surface area contributed by atoms with Crippen molar-refractivity contribution in [2.24, 2.45) is 12.0 Å². The molecule has 0 aliphatic rings. The van der Waals surface area contributed by atoms with Crippen molar-refractivity contribution in [3.63, 3.8) is 0 Å². The van der Waals surface area contributed by atoms with E-state index in [1.807, 2.05) is 26.0 Å². The van der Waals surface area contributed by atoms with Crippen molar-refractivity contribution in [1.29, 1.82) is 0 Å². The average molecular weight is 153 g/mol. The minimum absolute atomic E-state index is 0.610.